The lowest BCUT2D eigenvalue weighted by atomic mass is 10.3. The molecule has 0 bridgehead atoms. The van der Waals surface area contributed by atoms with Gasteiger partial charge in [-0.2, -0.15) is 0 Å². The van der Waals surface area contributed by atoms with Crippen LogP contribution >= 0.6 is 0 Å². The zero-order chi connectivity index (χ0) is 18.0. The smallest absolute Gasteiger partial charge is 0.347 e. The Hall–Kier alpha value is -2.38. The highest BCUT2D eigenvalue weighted by atomic mass is 16.6. The van der Waals surface area contributed by atoms with Crippen LogP contribution in [0.4, 0.5) is 0 Å². The van der Waals surface area contributed by atoms with Crippen LogP contribution in [-0.4, -0.2) is 49.3 Å². The van der Waals surface area contributed by atoms with Gasteiger partial charge < -0.3 is 18.9 Å². The third kappa shape index (κ3) is 7.98. The van der Waals surface area contributed by atoms with Crippen LogP contribution in [0.3, 0.4) is 0 Å². The van der Waals surface area contributed by atoms with E-state index in [4.69, 9.17) is 9.47 Å². The van der Waals surface area contributed by atoms with Crippen molar-refractivity contribution in [3.63, 3.8) is 0 Å². The van der Waals surface area contributed by atoms with Crippen molar-refractivity contribution in [2.75, 3.05) is 13.2 Å². The minimum Gasteiger partial charge on any atom is -0.463 e. The number of hydrogen-bond donors (Lipinski definition) is 0. The van der Waals surface area contributed by atoms with Crippen molar-refractivity contribution < 1.29 is 38.1 Å². The molecule has 0 aromatic rings. The minimum atomic E-state index is -1.10. The lowest BCUT2D eigenvalue weighted by Crippen LogP contribution is -2.27. The molecule has 0 saturated heterocycles. The molecule has 2 unspecified atom stereocenters. The van der Waals surface area contributed by atoms with Crippen molar-refractivity contribution in [3.05, 3.63) is 11.6 Å². The summed E-state index contributed by atoms with van der Waals surface area (Å²) < 4.78 is 19.0. The van der Waals surface area contributed by atoms with Gasteiger partial charge in [-0.15, -0.1) is 0 Å². The second kappa shape index (κ2) is 10.4. The zero-order valence-corrected chi connectivity index (χ0v) is 13.9. The predicted octanol–water partition coefficient (Wildman–Crippen LogP) is 0.922. The van der Waals surface area contributed by atoms with Gasteiger partial charge in [0.25, 0.3) is 0 Å². The molecule has 0 heterocycles. The van der Waals surface area contributed by atoms with Gasteiger partial charge in [0.1, 0.15) is 0 Å². The number of rotatable bonds is 8. The Labute approximate surface area is 134 Å². The van der Waals surface area contributed by atoms with Crippen LogP contribution in [0.2, 0.25) is 0 Å². The second-order valence-electron chi connectivity index (χ2n) is 4.46. The van der Waals surface area contributed by atoms with Gasteiger partial charge >= 0.3 is 23.9 Å². The molecule has 0 radical (unpaired) electrons. The van der Waals surface area contributed by atoms with Gasteiger partial charge in [-0.05, 0) is 34.6 Å². The molecule has 8 nitrogen and oxygen atoms in total. The van der Waals surface area contributed by atoms with Gasteiger partial charge in [-0.25, -0.2) is 19.2 Å². The average molecular weight is 330 g/mol. The molecule has 0 saturated carbocycles. The maximum atomic E-state index is 11.7. The number of esters is 4. The van der Waals surface area contributed by atoms with Crippen LogP contribution in [0, 0.1) is 0 Å². The highest BCUT2D eigenvalue weighted by Gasteiger charge is 2.21. The summed E-state index contributed by atoms with van der Waals surface area (Å²) >= 11 is 0. The zero-order valence-electron chi connectivity index (χ0n) is 13.9. The topological polar surface area (TPSA) is 105 Å². The second-order valence-corrected chi connectivity index (χ2v) is 4.46. The molecule has 0 fully saturated rings. The first-order valence-corrected chi connectivity index (χ1v) is 7.16. The van der Waals surface area contributed by atoms with Crippen LogP contribution in [0.15, 0.2) is 11.6 Å². The van der Waals surface area contributed by atoms with E-state index in [0.717, 1.165) is 6.08 Å². The van der Waals surface area contributed by atoms with E-state index in [1.54, 1.807) is 13.8 Å². The summed E-state index contributed by atoms with van der Waals surface area (Å²) in [6.45, 7) is 7.58. The molecule has 0 aromatic heterocycles. The fourth-order valence-electron chi connectivity index (χ4n) is 1.31. The molecule has 8 heteroatoms. The Morgan fingerprint density at radius 1 is 0.870 bits per heavy atom. The van der Waals surface area contributed by atoms with Crippen molar-refractivity contribution in [2.45, 2.75) is 46.8 Å². The quantitative estimate of drug-likeness (QED) is 0.367. The normalized spacial score (nSPS) is 13.5. The van der Waals surface area contributed by atoms with Gasteiger partial charge in [0.15, 0.2) is 12.2 Å². The Morgan fingerprint density at radius 3 is 1.74 bits per heavy atom. The van der Waals surface area contributed by atoms with E-state index in [1.165, 1.54) is 20.8 Å². The van der Waals surface area contributed by atoms with Crippen LogP contribution in [-0.2, 0) is 38.1 Å². The minimum absolute atomic E-state index is 0.0813. The third-order valence-corrected chi connectivity index (χ3v) is 2.47. The summed E-state index contributed by atoms with van der Waals surface area (Å²) in [5, 5.41) is 0. The molecular formula is C15H22O8. The number of hydrogen-bond acceptors (Lipinski definition) is 8. The van der Waals surface area contributed by atoms with Crippen LogP contribution in [0.1, 0.15) is 34.6 Å². The van der Waals surface area contributed by atoms with Crippen molar-refractivity contribution in [1.29, 1.82) is 0 Å². The van der Waals surface area contributed by atoms with Crippen LogP contribution in [0.25, 0.3) is 0 Å². The molecule has 0 aliphatic carbocycles. The third-order valence-electron chi connectivity index (χ3n) is 2.47. The van der Waals surface area contributed by atoms with Crippen molar-refractivity contribution in [1.82, 2.24) is 0 Å². The van der Waals surface area contributed by atoms with Gasteiger partial charge in [0.05, 0.1) is 13.2 Å². The number of carbonyl (C=O) groups excluding carboxylic acids is 4. The number of ether oxygens (including phenoxy) is 4. The highest BCUT2D eigenvalue weighted by molar-refractivity contribution is 5.97. The molecule has 130 valence electrons. The molecule has 0 rings (SSSR count). The van der Waals surface area contributed by atoms with Gasteiger partial charge in [0.2, 0.25) is 0 Å². The fraction of sp³-hybridized carbons (Fsp3) is 0.600. The Kier molecular flexibility index (Phi) is 9.29. The molecular weight excluding hydrogens is 308 g/mol. The molecule has 0 spiro atoms. The molecule has 2 atom stereocenters. The van der Waals surface area contributed by atoms with Crippen LogP contribution in [0.5, 0.6) is 0 Å². The van der Waals surface area contributed by atoms with E-state index < -0.39 is 36.1 Å². The van der Waals surface area contributed by atoms with Crippen molar-refractivity contribution >= 4 is 23.9 Å². The lowest BCUT2D eigenvalue weighted by Gasteiger charge is -2.12. The van der Waals surface area contributed by atoms with Gasteiger partial charge in [0, 0.05) is 11.6 Å². The van der Waals surface area contributed by atoms with E-state index in [1.807, 2.05) is 0 Å². The summed E-state index contributed by atoms with van der Waals surface area (Å²) in [7, 11) is 0. The van der Waals surface area contributed by atoms with Crippen molar-refractivity contribution in [2.24, 2.45) is 0 Å². The molecule has 23 heavy (non-hydrogen) atoms. The summed E-state index contributed by atoms with van der Waals surface area (Å²) in [6.07, 6.45) is -1.32. The fourth-order valence-corrected chi connectivity index (χ4v) is 1.31. The SMILES string of the molecule is CCOC(=O)C(C)OC(=O)/C=C(/C)C(=O)OC(C)C(=O)OCC. The van der Waals surface area contributed by atoms with E-state index in [9.17, 15) is 19.2 Å². The maximum absolute atomic E-state index is 11.7. The molecule has 0 aliphatic rings. The first-order chi connectivity index (χ1) is 10.7. The summed E-state index contributed by atoms with van der Waals surface area (Å²) in [6, 6.07) is 0. The standard InChI is InChI=1S/C15H22O8/c1-6-20-14(18)10(4)22-12(16)8-9(3)13(17)23-11(5)15(19)21-7-2/h8,10-11H,6-7H2,1-5H3/b9-8-. The average Bonchev–Trinajstić information content (AvgIpc) is 2.47. The summed E-state index contributed by atoms with van der Waals surface area (Å²) in [4.78, 5) is 46.0. The van der Waals surface area contributed by atoms with E-state index in [2.05, 4.69) is 9.47 Å². The maximum Gasteiger partial charge on any atom is 0.347 e. The van der Waals surface area contributed by atoms with E-state index in [0.29, 0.717) is 0 Å². The van der Waals surface area contributed by atoms with Crippen LogP contribution < -0.4 is 0 Å². The lowest BCUT2D eigenvalue weighted by molar-refractivity contribution is -0.164. The molecule has 0 aromatic carbocycles. The Morgan fingerprint density at radius 2 is 1.30 bits per heavy atom. The van der Waals surface area contributed by atoms with Crippen molar-refractivity contribution in [3.8, 4) is 0 Å². The first kappa shape index (κ1) is 20.6. The molecule has 0 aliphatic heterocycles. The van der Waals surface area contributed by atoms with E-state index >= 15 is 0 Å². The number of carbonyl (C=O) groups is 4. The predicted molar refractivity (Wildman–Crippen MR) is 78.1 cm³/mol. The van der Waals surface area contributed by atoms with E-state index in [-0.39, 0.29) is 18.8 Å². The summed E-state index contributed by atoms with van der Waals surface area (Å²) in [5.74, 6) is -3.15. The monoisotopic (exact) mass is 330 g/mol. The first-order valence-electron chi connectivity index (χ1n) is 7.16. The highest BCUT2D eigenvalue weighted by Crippen LogP contribution is 2.04. The molecule has 0 amide bonds. The van der Waals surface area contributed by atoms with Gasteiger partial charge in [-0.1, -0.05) is 0 Å². The van der Waals surface area contributed by atoms with Gasteiger partial charge in [-0.3, -0.25) is 0 Å². The largest absolute Gasteiger partial charge is 0.463 e. The Balaban J connectivity index is 4.57. The molecule has 0 N–H and O–H groups in total. The summed E-state index contributed by atoms with van der Waals surface area (Å²) in [5.41, 5.74) is -0.0813. The Bertz CT molecular complexity index is 480.